The Labute approximate surface area is 130 Å². The highest BCUT2D eigenvalue weighted by atomic mass is 35.5. The monoisotopic (exact) mass is 308 g/mol. The van der Waals surface area contributed by atoms with Crippen molar-refractivity contribution in [3.63, 3.8) is 0 Å². The molecule has 0 amide bonds. The summed E-state index contributed by atoms with van der Waals surface area (Å²) in [5.41, 5.74) is 1.41. The number of fused-ring (bicyclic) bond motifs is 1. The molecule has 3 atom stereocenters. The molecule has 3 unspecified atom stereocenters. The van der Waals surface area contributed by atoms with Gasteiger partial charge in [-0.15, -0.1) is 11.6 Å². The van der Waals surface area contributed by atoms with Gasteiger partial charge in [0.1, 0.15) is 11.3 Å². The third-order valence-corrected chi connectivity index (χ3v) is 4.97. The molecule has 2 nitrogen and oxygen atoms in total. The second-order valence-corrected chi connectivity index (χ2v) is 6.79. The second kappa shape index (κ2) is 5.96. The van der Waals surface area contributed by atoms with E-state index in [9.17, 15) is 4.39 Å². The molecule has 0 saturated heterocycles. The summed E-state index contributed by atoms with van der Waals surface area (Å²) in [4.78, 5) is 4.53. The Morgan fingerprint density at radius 1 is 1.33 bits per heavy atom. The van der Waals surface area contributed by atoms with Gasteiger partial charge in [0.15, 0.2) is 5.82 Å². The van der Waals surface area contributed by atoms with E-state index >= 15 is 0 Å². The van der Waals surface area contributed by atoms with Crippen molar-refractivity contribution in [1.82, 2.24) is 9.55 Å². The Morgan fingerprint density at radius 2 is 2.14 bits per heavy atom. The third-order valence-electron chi connectivity index (χ3n) is 4.78. The second-order valence-electron chi connectivity index (χ2n) is 6.41. The molecular formula is C17H22ClFN2. The summed E-state index contributed by atoms with van der Waals surface area (Å²) in [6, 6.07) is 5.65. The van der Waals surface area contributed by atoms with Crippen molar-refractivity contribution < 1.29 is 4.39 Å². The zero-order valence-corrected chi connectivity index (χ0v) is 13.4. The topological polar surface area (TPSA) is 17.8 Å². The van der Waals surface area contributed by atoms with E-state index in [4.69, 9.17) is 11.6 Å². The molecule has 0 bridgehead atoms. The van der Waals surface area contributed by atoms with Crippen LogP contribution in [0, 0.1) is 17.7 Å². The number of benzene rings is 1. The van der Waals surface area contributed by atoms with E-state index in [1.807, 2.05) is 6.07 Å². The molecule has 1 aromatic heterocycles. The zero-order chi connectivity index (χ0) is 15.0. The molecule has 1 aliphatic carbocycles. The fourth-order valence-corrected chi connectivity index (χ4v) is 3.96. The zero-order valence-electron chi connectivity index (χ0n) is 12.6. The lowest BCUT2D eigenvalue weighted by atomic mass is 9.79. The van der Waals surface area contributed by atoms with Crippen LogP contribution in [0.15, 0.2) is 18.2 Å². The molecule has 3 rings (SSSR count). The van der Waals surface area contributed by atoms with Crippen molar-refractivity contribution in [3.8, 4) is 0 Å². The number of nitrogens with zero attached hydrogens (tertiary/aromatic N) is 2. The maximum absolute atomic E-state index is 14.0. The van der Waals surface area contributed by atoms with Crippen molar-refractivity contribution in [2.24, 2.45) is 11.8 Å². The summed E-state index contributed by atoms with van der Waals surface area (Å²) < 4.78 is 16.3. The van der Waals surface area contributed by atoms with Crippen molar-refractivity contribution >= 4 is 22.6 Å². The normalized spacial score (nSPS) is 26.4. The minimum atomic E-state index is -0.237. The number of aromatic nitrogens is 2. The standard InChI is InChI=1S/C17H22ClFN2/c1-11-6-7-14(12(2)10-11)21-15-5-3-4-13(19)17(15)20-16(21)8-9-18/h3-5,11-12,14H,6-10H2,1-2H3. The first-order valence-electron chi connectivity index (χ1n) is 7.83. The van der Waals surface area contributed by atoms with Gasteiger partial charge in [-0.05, 0) is 43.2 Å². The Kier molecular flexibility index (Phi) is 4.21. The molecule has 1 aromatic carbocycles. The van der Waals surface area contributed by atoms with Crippen molar-refractivity contribution in [3.05, 3.63) is 29.8 Å². The van der Waals surface area contributed by atoms with Crippen LogP contribution in [0.25, 0.3) is 11.0 Å². The van der Waals surface area contributed by atoms with E-state index in [2.05, 4.69) is 23.4 Å². The SMILES string of the molecule is CC1CCC(n2c(CCCl)nc3c(F)cccc32)C(C)C1. The van der Waals surface area contributed by atoms with Gasteiger partial charge in [-0.25, -0.2) is 9.37 Å². The summed E-state index contributed by atoms with van der Waals surface area (Å²) in [7, 11) is 0. The summed E-state index contributed by atoms with van der Waals surface area (Å²) in [6.45, 7) is 4.62. The first-order chi connectivity index (χ1) is 10.1. The van der Waals surface area contributed by atoms with Gasteiger partial charge in [-0.1, -0.05) is 19.9 Å². The van der Waals surface area contributed by atoms with E-state index in [0.29, 0.717) is 29.8 Å². The molecule has 1 heterocycles. The minimum absolute atomic E-state index is 0.237. The number of para-hydroxylation sites is 1. The fourth-order valence-electron chi connectivity index (χ4n) is 3.79. The first-order valence-corrected chi connectivity index (χ1v) is 8.36. The van der Waals surface area contributed by atoms with Crippen LogP contribution >= 0.6 is 11.6 Å². The number of alkyl halides is 1. The smallest absolute Gasteiger partial charge is 0.151 e. The Bertz CT molecular complexity index is 637. The molecule has 4 heteroatoms. The van der Waals surface area contributed by atoms with Crippen LogP contribution in [0.2, 0.25) is 0 Å². The molecule has 1 saturated carbocycles. The first kappa shape index (κ1) is 14.8. The van der Waals surface area contributed by atoms with Gasteiger partial charge >= 0.3 is 0 Å². The molecule has 0 N–H and O–H groups in total. The lowest BCUT2D eigenvalue weighted by Gasteiger charge is -2.34. The van der Waals surface area contributed by atoms with Gasteiger partial charge in [0, 0.05) is 18.3 Å². The maximum Gasteiger partial charge on any atom is 0.151 e. The van der Waals surface area contributed by atoms with E-state index in [0.717, 1.165) is 23.7 Å². The molecule has 114 valence electrons. The summed E-state index contributed by atoms with van der Waals surface area (Å²) in [5.74, 6) is 2.57. The maximum atomic E-state index is 14.0. The predicted octanol–water partition coefficient (Wildman–Crippen LogP) is 4.95. The van der Waals surface area contributed by atoms with Crippen LogP contribution in [0.4, 0.5) is 4.39 Å². The van der Waals surface area contributed by atoms with Crippen LogP contribution in [-0.2, 0) is 6.42 Å². The summed E-state index contributed by atoms with van der Waals surface area (Å²) >= 11 is 5.93. The summed E-state index contributed by atoms with van der Waals surface area (Å²) in [6.07, 6.45) is 4.28. The third kappa shape index (κ3) is 2.68. The lowest BCUT2D eigenvalue weighted by molar-refractivity contribution is 0.208. The molecule has 0 aliphatic heterocycles. The number of hydrogen-bond donors (Lipinski definition) is 0. The van der Waals surface area contributed by atoms with Crippen LogP contribution in [0.5, 0.6) is 0 Å². The highest BCUT2D eigenvalue weighted by Crippen LogP contribution is 2.39. The van der Waals surface area contributed by atoms with Gasteiger partial charge in [-0.3, -0.25) is 0 Å². The van der Waals surface area contributed by atoms with Crippen LogP contribution in [-0.4, -0.2) is 15.4 Å². The van der Waals surface area contributed by atoms with Gasteiger partial charge < -0.3 is 4.57 Å². The van der Waals surface area contributed by atoms with E-state index in [1.165, 1.54) is 18.9 Å². The number of rotatable bonds is 3. The van der Waals surface area contributed by atoms with E-state index < -0.39 is 0 Å². The Morgan fingerprint density at radius 3 is 2.86 bits per heavy atom. The van der Waals surface area contributed by atoms with Crippen LogP contribution in [0.1, 0.15) is 45.0 Å². The van der Waals surface area contributed by atoms with Crippen molar-refractivity contribution in [1.29, 1.82) is 0 Å². The van der Waals surface area contributed by atoms with E-state index in [-0.39, 0.29) is 5.82 Å². The number of halogens is 2. The Hall–Kier alpha value is -1.09. The average Bonchev–Trinajstić information content (AvgIpc) is 2.79. The minimum Gasteiger partial charge on any atom is -0.324 e. The fraction of sp³-hybridized carbons (Fsp3) is 0.588. The van der Waals surface area contributed by atoms with Gasteiger partial charge in [0.05, 0.1) is 5.52 Å². The van der Waals surface area contributed by atoms with Crippen LogP contribution < -0.4 is 0 Å². The molecule has 21 heavy (non-hydrogen) atoms. The number of hydrogen-bond acceptors (Lipinski definition) is 1. The Balaban J connectivity index is 2.11. The molecule has 1 fully saturated rings. The van der Waals surface area contributed by atoms with Crippen LogP contribution in [0.3, 0.4) is 0 Å². The molecule has 1 aliphatic rings. The largest absolute Gasteiger partial charge is 0.324 e. The highest BCUT2D eigenvalue weighted by molar-refractivity contribution is 6.17. The van der Waals surface area contributed by atoms with Crippen molar-refractivity contribution in [2.75, 3.05) is 5.88 Å². The predicted molar refractivity (Wildman–Crippen MR) is 85.3 cm³/mol. The lowest BCUT2D eigenvalue weighted by Crippen LogP contribution is -2.26. The molecular weight excluding hydrogens is 287 g/mol. The summed E-state index contributed by atoms with van der Waals surface area (Å²) in [5, 5.41) is 0. The molecule has 0 radical (unpaired) electrons. The quantitative estimate of drug-likeness (QED) is 0.733. The highest BCUT2D eigenvalue weighted by Gasteiger charge is 2.29. The van der Waals surface area contributed by atoms with Gasteiger partial charge in [-0.2, -0.15) is 0 Å². The number of aryl methyl sites for hydroxylation is 1. The van der Waals surface area contributed by atoms with Gasteiger partial charge in [0.2, 0.25) is 0 Å². The van der Waals surface area contributed by atoms with Gasteiger partial charge in [0.25, 0.3) is 0 Å². The molecule has 0 spiro atoms. The molecule has 2 aromatic rings. The average molecular weight is 309 g/mol. The number of imidazole rings is 1. The van der Waals surface area contributed by atoms with Crippen molar-refractivity contribution in [2.45, 2.75) is 45.6 Å². The van der Waals surface area contributed by atoms with E-state index in [1.54, 1.807) is 6.07 Å².